The van der Waals surface area contributed by atoms with E-state index < -0.39 is 6.10 Å². The lowest BCUT2D eigenvalue weighted by atomic mass is 9.69. The Labute approximate surface area is 142 Å². The molecule has 5 heteroatoms. The maximum Gasteiger partial charge on any atom is 0.166 e. The molecule has 4 rings (SSSR count). The zero-order chi connectivity index (χ0) is 16.7. The zero-order valence-electron chi connectivity index (χ0n) is 14.1. The summed E-state index contributed by atoms with van der Waals surface area (Å²) in [7, 11) is 1.67. The van der Waals surface area contributed by atoms with Gasteiger partial charge < -0.3 is 19.7 Å². The molecule has 0 aromatic heterocycles. The van der Waals surface area contributed by atoms with Gasteiger partial charge in [-0.1, -0.05) is 18.2 Å². The normalized spacial score (nSPS) is 31.1. The Hall–Kier alpha value is -1.56. The second-order valence-corrected chi connectivity index (χ2v) is 7.04. The van der Waals surface area contributed by atoms with Crippen LogP contribution in [-0.2, 0) is 12.0 Å². The predicted octanol–water partition coefficient (Wildman–Crippen LogP) is 1.60. The Balaban J connectivity index is 1.80. The molecule has 0 saturated carbocycles. The Morgan fingerprint density at radius 1 is 1.42 bits per heavy atom. The average Bonchev–Trinajstić information content (AvgIpc) is 2.83. The van der Waals surface area contributed by atoms with Crippen molar-refractivity contribution in [2.45, 2.75) is 43.4 Å². The van der Waals surface area contributed by atoms with Crippen LogP contribution < -0.4 is 9.47 Å². The predicted molar refractivity (Wildman–Crippen MR) is 90.4 cm³/mol. The third-order valence-electron chi connectivity index (χ3n) is 5.67. The van der Waals surface area contributed by atoms with Crippen LogP contribution in [0.1, 0.15) is 30.4 Å². The first kappa shape index (κ1) is 15.9. The van der Waals surface area contributed by atoms with Crippen molar-refractivity contribution in [3.8, 4) is 11.5 Å². The van der Waals surface area contributed by atoms with E-state index in [1.54, 1.807) is 7.11 Å². The third kappa shape index (κ3) is 2.34. The van der Waals surface area contributed by atoms with Crippen LogP contribution >= 0.6 is 0 Å². The number of nitrogens with zero attached hydrogens (tertiary/aromatic N) is 1. The number of rotatable bonds is 4. The van der Waals surface area contributed by atoms with Crippen LogP contribution in [0.4, 0.5) is 0 Å². The first-order chi connectivity index (χ1) is 11.7. The van der Waals surface area contributed by atoms with Gasteiger partial charge in [0.25, 0.3) is 0 Å². The smallest absolute Gasteiger partial charge is 0.166 e. The van der Waals surface area contributed by atoms with E-state index in [-0.39, 0.29) is 18.1 Å². The summed E-state index contributed by atoms with van der Waals surface area (Å²) in [5, 5.41) is 19.2. The third-order valence-corrected chi connectivity index (χ3v) is 5.67. The quantitative estimate of drug-likeness (QED) is 0.821. The van der Waals surface area contributed by atoms with E-state index in [2.05, 4.69) is 17.0 Å². The first-order valence-corrected chi connectivity index (χ1v) is 8.75. The maximum atomic E-state index is 10.1. The molecule has 0 fully saturated rings. The molecule has 2 N–H and O–H groups in total. The molecule has 1 aliphatic carbocycles. The van der Waals surface area contributed by atoms with Crippen molar-refractivity contribution >= 4 is 0 Å². The van der Waals surface area contributed by atoms with Gasteiger partial charge in [-0.3, -0.25) is 4.90 Å². The highest BCUT2D eigenvalue weighted by atomic mass is 16.5. The fourth-order valence-corrected chi connectivity index (χ4v) is 4.48. The second-order valence-electron chi connectivity index (χ2n) is 7.04. The molecule has 5 nitrogen and oxygen atoms in total. The highest BCUT2D eigenvalue weighted by molar-refractivity contribution is 5.60. The molecule has 0 radical (unpaired) electrons. The lowest BCUT2D eigenvalue weighted by Gasteiger charge is -2.35. The van der Waals surface area contributed by atoms with Crippen molar-refractivity contribution in [2.75, 3.05) is 26.8 Å². The van der Waals surface area contributed by atoms with E-state index >= 15 is 0 Å². The van der Waals surface area contributed by atoms with Gasteiger partial charge in [-0.25, -0.2) is 0 Å². The number of hydrogen-bond donors (Lipinski definition) is 2. The van der Waals surface area contributed by atoms with Gasteiger partial charge in [0, 0.05) is 31.7 Å². The number of aliphatic hydroxyl groups is 2. The molecule has 3 atom stereocenters. The van der Waals surface area contributed by atoms with E-state index in [1.807, 2.05) is 12.1 Å². The Morgan fingerprint density at radius 3 is 3.08 bits per heavy atom. The van der Waals surface area contributed by atoms with Crippen LogP contribution in [0.15, 0.2) is 24.3 Å². The molecule has 0 amide bonds. The molecule has 0 bridgehead atoms. The number of hydrogen-bond acceptors (Lipinski definition) is 5. The van der Waals surface area contributed by atoms with E-state index in [9.17, 15) is 5.11 Å². The molecule has 130 valence electrons. The minimum Gasteiger partial charge on any atom is -0.493 e. The van der Waals surface area contributed by atoms with Crippen LogP contribution in [-0.4, -0.2) is 54.1 Å². The molecule has 1 aromatic rings. The molecule has 2 aliphatic heterocycles. The van der Waals surface area contributed by atoms with E-state index in [1.165, 1.54) is 11.1 Å². The van der Waals surface area contributed by atoms with Crippen LogP contribution in [0.5, 0.6) is 11.5 Å². The summed E-state index contributed by atoms with van der Waals surface area (Å²) in [6.45, 7) is 2.93. The lowest BCUT2D eigenvalue weighted by molar-refractivity contribution is 0.0806. The van der Waals surface area contributed by atoms with Gasteiger partial charge >= 0.3 is 0 Å². The van der Waals surface area contributed by atoms with Crippen molar-refractivity contribution in [1.29, 1.82) is 0 Å². The van der Waals surface area contributed by atoms with Gasteiger partial charge in [0.2, 0.25) is 0 Å². The molecular formula is C19H25NO4. The largest absolute Gasteiger partial charge is 0.493 e. The standard InChI is InChI=1S/C19H25NO4/c1-23-15-4-3-13-12-20(8-2-10-21)9-7-19-6-5-14(22)11-16(19)24-18(15)17(13)19/h3-6,14,16,21-22H,2,7-12H2,1H3/t14?,16-,19-/m1/s1. The number of aliphatic hydroxyl groups excluding tert-OH is 2. The summed E-state index contributed by atoms with van der Waals surface area (Å²) in [5.74, 6) is 1.62. The van der Waals surface area contributed by atoms with Crippen LogP contribution in [0.3, 0.4) is 0 Å². The molecule has 3 aliphatic rings. The van der Waals surface area contributed by atoms with Crippen LogP contribution in [0, 0.1) is 0 Å². The second kappa shape index (κ2) is 6.06. The monoisotopic (exact) mass is 331 g/mol. The van der Waals surface area contributed by atoms with Gasteiger partial charge in [-0.15, -0.1) is 0 Å². The Morgan fingerprint density at radius 2 is 2.29 bits per heavy atom. The average molecular weight is 331 g/mol. The molecule has 1 spiro atoms. The van der Waals surface area contributed by atoms with Crippen molar-refractivity contribution in [3.63, 3.8) is 0 Å². The van der Waals surface area contributed by atoms with E-state index in [4.69, 9.17) is 14.6 Å². The number of benzene rings is 1. The summed E-state index contributed by atoms with van der Waals surface area (Å²) < 4.78 is 11.8. The lowest BCUT2D eigenvalue weighted by Crippen LogP contribution is -2.43. The molecule has 1 unspecified atom stereocenters. The van der Waals surface area contributed by atoms with Gasteiger partial charge in [0.15, 0.2) is 11.5 Å². The summed E-state index contributed by atoms with van der Waals surface area (Å²) in [5.41, 5.74) is 2.33. The molecular weight excluding hydrogens is 306 g/mol. The highest BCUT2D eigenvalue weighted by Crippen LogP contribution is 2.55. The van der Waals surface area contributed by atoms with Crippen molar-refractivity contribution in [2.24, 2.45) is 0 Å². The molecule has 0 saturated heterocycles. The minimum absolute atomic E-state index is 0.0414. The zero-order valence-corrected chi connectivity index (χ0v) is 14.1. The van der Waals surface area contributed by atoms with Crippen molar-refractivity contribution in [1.82, 2.24) is 4.90 Å². The molecule has 1 aromatic carbocycles. The summed E-state index contributed by atoms with van der Waals surface area (Å²) in [4.78, 5) is 2.40. The maximum absolute atomic E-state index is 10.1. The fourth-order valence-electron chi connectivity index (χ4n) is 4.48. The summed E-state index contributed by atoms with van der Waals surface area (Å²) in [6.07, 6.45) is 5.96. The van der Waals surface area contributed by atoms with Crippen LogP contribution in [0.2, 0.25) is 0 Å². The first-order valence-electron chi connectivity index (χ1n) is 8.75. The topological polar surface area (TPSA) is 62.2 Å². The number of ether oxygens (including phenoxy) is 2. The van der Waals surface area contributed by atoms with Crippen LogP contribution in [0.25, 0.3) is 0 Å². The molecule has 2 heterocycles. The van der Waals surface area contributed by atoms with Gasteiger partial charge in [0.05, 0.1) is 18.6 Å². The number of methoxy groups -OCH3 is 1. The Kier molecular flexibility index (Phi) is 4.03. The Bertz CT molecular complexity index is 659. The van der Waals surface area contributed by atoms with E-state index in [0.717, 1.165) is 44.0 Å². The van der Waals surface area contributed by atoms with Crippen molar-refractivity contribution in [3.05, 3.63) is 35.4 Å². The summed E-state index contributed by atoms with van der Waals surface area (Å²) in [6, 6.07) is 4.12. The van der Waals surface area contributed by atoms with Gasteiger partial charge in [-0.2, -0.15) is 0 Å². The minimum atomic E-state index is -0.446. The SMILES string of the molecule is COc1ccc2c3c1O[C@@H]1CC(O)C=C[C@]31CCN(CCCO)C2. The fraction of sp³-hybridized carbons (Fsp3) is 0.579. The van der Waals surface area contributed by atoms with Gasteiger partial charge in [-0.05, 0) is 31.0 Å². The highest BCUT2D eigenvalue weighted by Gasteiger charge is 2.52. The van der Waals surface area contributed by atoms with Crippen molar-refractivity contribution < 1.29 is 19.7 Å². The summed E-state index contributed by atoms with van der Waals surface area (Å²) >= 11 is 0. The molecule has 24 heavy (non-hydrogen) atoms. The van der Waals surface area contributed by atoms with Gasteiger partial charge in [0.1, 0.15) is 6.10 Å². The van der Waals surface area contributed by atoms with E-state index in [0.29, 0.717) is 6.42 Å².